The number of amides is 1. The SMILES string of the molecule is CC(C)(C)OC(=O)NC(C)(C=O)c1ncc[nH]1. The molecule has 0 spiro atoms. The van der Waals surface area contributed by atoms with E-state index in [1.54, 1.807) is 33.9 Å². The Bertz CT molecular complexity index is 395. The number of carbonyl (C=O) groups is 2. The molecule has 1 rings (SSSR count). The quantitative estimate of drug-likeness (QED) is 0.780. The molecule has 1 atom stereocenters. The van der Waals surface area contributed by atoms with Crippen LogP contribution in [0.1, 0.15) is 33.5 Å². The van der Waals surface area contributed by atoms with Gasteiger partial charge in [0.05, 0.1) is 0 Å². The number of nitrogens with zero attached hydrogens (tertiary/aromatic N) is 1. The lowest BCUT2D eigenvalue weighted by Crippen LogP contribution is -2.47. The first-order chi connectivity index (χ1) is 7.77. The van der Waals surface area contributed by atoms with Crippen LogP contribution in [0.25, 0.3) is 0 Å². The molecule has 0 radical (unpaired) electrons. The second-order valence-corrected chi connectivity index (χ2v) is 4.88. The summed E-state index contributed by atoms with van der Waals surface area (Å²) in [6.07, 6.45) is 3.03. The van der Waals surface area contributed by atoms with E-state index >= 15 is 0 Å². The van der Waals surface area contributed by atoms with Crippen LogP contribution in [0.4, 0.5) is 4.79 Å². The van der Waals surface area contributed by atoms with E-state index in [-0.39, 0.29) is 0 Å². The molecule has 1 unspecified atom stereocenters. The average Bonchev–Trinajstić information content (AvgIpc) is 2.67. The fourth-order valence-electron chi connectivity index (χ4n) is 1.21. The van der Waals surface area contributed by atoms with E-state index < -0.39 is 17.2 Å². The maximum absolute atomic E-state index is 11.6. The number of alkyl carbamates (subject to hydrolysis) is 1. The largest absolute Gasteiger partial charge is 0.444 e. The number of nitrogens with one attached hydrogen (secondary N) is 2. The van der Waals surface area contributed by atoms with Crippen LogP contribution in [0.5, 0.6) is 0 Å². The van der Waals surface area contributed by atoms with Gasteiger partial charge in [-0.2, -0.15) is 0 Å². The lowest BCUT2D eigenvalue weighted by atomic mass is 10.0. The van der Waals surface area contributed by atoms with Crippen molar-refractivity contribution in [1.29, 1.82) is 0 Å². The van der Waals surface area contributed by atoms with Crippen LogP contribution in [0.2, 0.25) is 0 Å². The van der Waals surface area contributed by atoms with Crippen LogP contribution in [-0.4, -0.2) is 27.9 Å². The maximum Gasteiger partial charge on any atom is 0.408 e. The number of H-pyrrole nitrogens is 1. The third-order valence-electron chi connectivity index (χ3n) is 1.99. The highest BCUT2D eigenvalue weighted by Gasteiger charge is 2.32. The van der Waals surface area contributed by atoms with Gasteiger partial charge in [0.1, 0.15) is 11.4 Å². The highest BCUT2D eigenvalue weighted by atomic mass is 16.6. The average molecular weight is 239 g/mol. The van der Waals surface area contributed by atoms with Crippen molar-refractivity contribution in [3.05, 3.63) is 18.2 Å². The number of carbonyl (C=O) groups excluding carboxylic acids is 2. The number of aromatic nitrogens is 2. The Morgan fingerprint density at radius 2 is 2.12 bits per heavy atom. The summed E-state index contributed by atoms with van der Waals surface area (Å²) in [5.41, 5.74) is -1.83. The van der Waals surface area contributed by atoms with Crippen molar-refractivity contribution in [2.75, 3.05) is 0 Å². The number of imidazole rings is 1. The highest BCUT2D eigenvalue weighted by molar-refractivity contribution is 5.76. The van der Waals surface area contributed by atoms with Crippen molar-refractivity contribution in [3.8, 4) is 0 Å². The standard InChI is InChI=1S/C11H17N3O3/c1-10(2,3)17-9(16)14-11(4,7-15)8-12-5-6-13-8/h5-7H,1-4H3,(H,12,13)(H,14,16). The summed E-state index contributed by atoms with van der Waals surface area (Å²) in [7, 11) is 0. The minimum atomic E-state index is -1.22. The van der Waals surface area contributed by atoms with Gasteiger partial charge >= 0.3 is 6.09 Å². The van der Waals surface area contributed by atoms with Crippen molar-refractivity contribution < 1.29 is 14.3 Å². The third kappa shape index (κ3) is 3.58. The summed E-state index contributed by atoms with van der Waals surface area (Å²) in [6, 6.07) is 0. The minimum Gasteiger partial charge on any atom is -0.444 e. The lowest BCUT2D eigenvalue weighted by molar-refractivity contribution is -0.113. The van der Waals surface area contributed by atoms with E-state index in [1.165, 1.54) is 6.20 Å². The fraction of sp³-hybridized carbons (Fsp3) is 0.545. The molecular weight excluding hydrogens is 222 g/mol. The molecule has 0 aliphatic rings. The van der Waals surface area contributed by atoms with E-state index in [0.29, 0.717) is 12.1 Å². The molecule has 6 heteroatoms. The summed E-state index contributed by atoms with van der Waals surface area (Å²) >= 11 is 0. The van der Waals surface area contributed by atoms with E-state index in [9.17, 15) is 9.59 Å². The first-order valence-electron chi connectivity index (χ1n) is 5.24. The van der Waals surface area contributed by atoms with Gasteiger partial charge in [-0.3, -0.25) is 0 Å². The van der Waals surface area contributed by atoms with Crippen molar-refractivity contribution in [2.45, 2.75) is 38.8 Å². The van der Waals surface area contributed by atoms with E-state index in [4.69, 9.17) is 4.74 Å². The zero-order valence-corrected chi connectivity index (χ0v) is 10.4. The van der Waals surface area contributed by atoms with Gasteiger partial charge in [-0.15, -0.1) is 0 Å². The zero-order chi connectivity index (χ0) is 13.1. The van der Waals surface area contributed by atoms with Gasteiger partial charge in [0.25, 0.3) is 0 Å². The second kappa shape index (κ2) is 4.57. The predicted molar refractivity (Wildman–Crippen MR) is 61.4 cm³/mol. The number of rotatable bonds is 3. The second-order valence-electron chi connectivity index (χ2n) is 4.88. The van der Waals surface area contributed by atoms with Crippen LogP contribution >= 0.6 is 0 Å². The molecule has 0 bridgehead atoms. The molecule has 1 amide bonds. The van der Waals surface area contributed by atoms with Gasteiger partial charge in [-0.1, -0.05) is 0 Å². The van der Waals surface area contributed by atoms with Gasteiger partial charge in [0.15, 0.2) is 11.8 Å². The molecule has 1 heterocycles. The topological polar surface area (TPSA) is 84.1 Å². The molecule has 0 aromatic carbocycles. The van der Waals surface area contributed by atoms with Crippen molar-refractivity contribution in [2.24, 2.45) is 0 Å². The fourth-order valence-corrected chi connectivity index (χ4v) is 1.21. The van der Waals surface area contributed by atoms with E-state index in [0.717, 1.165) is 0 Å². The molecule has 0 aliphatic carbocycles. The molecule has 0 aliphatic heterocycles. The Morgan fingerprint density at radius 1 is 1.47 bits per heavy atom. The number of ether oxygens (including phenoxy) is 1. The Balaban J connectivity index is 2.77. The molecule has 94 valence electrons. The van der Waals surface area contributed by atoms with E-state index in [2.05, 4.69) is 15.3 Å². The first kappa shape index (κ1) is 13.2. The Morgan fingerprint density at radius 3 is 2.53 bits per heavy atom. The molecule has 2 N–H and O–H groups in total. The molecule has 0 saturated carbocycles. The van der Waals surface area contributed by atoms with E-state index in [1.807, 2.05) is 0 Å². The summed E-state index contributed by atoms with van der Waals surface area (Å²) in [5.74, 6) is 0.360. The summed E-state index contributed by atoms with van der Waals surface area (Å²) in [5, 5.41) is 2.48. The van der Waals surface area contributed by atoms with Crippen molar-refractivity contribution in [3.63, 3.8) is 0 Å². The smallest absolute Gasteiger partial charge is 0.408 e. The summed E-state index contributed by atoms with van der Waals surface area (Å²) in [4.78, 5) is 29.4. The molecule has 1 aromatic heterocycles. The number of aldehydes is 1. The van der Waals surface area contributed by atoms with Gasteiger partial charge in [-0.05, 0) is 27.7 Å². The lowest BCUT2D eigenvalue weighted by Gasteiger charge is -2.25. The van der Waals surface area contributed by atoms with Crippen LogP contribution in [0, 0.1) is 0 Å². The van der Waals surface area contributed by atoms with Gasteiger partial charge in [0, 0.05) is 12.4 Å². The van der Waals surface area contributed by atoms with Crippen LogP contribution in [0.3, 0.4) is 0 Å². The van der Waals surface area contributed by atoms with Crippen LogP contribution in [0.15, 0.2) is 12.4 Å². The summed E-state index contributed by atoms with van der Waals surface area (Å²) in [6.45, 7) is 6.79. The Labute approximate surface area is 99.8 Å². The van der Waals surface area contributed by atoms with Crippen molar-refractivity contribution in [1.82, 2.24) is 15.3 Å². The molecule has 1 aromatic rings. The number of hydrogen-bond acceptors (Lipinski definition) is 4. The molecule has 17 heavy (non-hydrogen) atoms. The molecule has 6 nitrogen and oxygen atoms in total. The number of hydrogen-bond donors (Lipinski definition) is 2. The first-order valence-corrected chi connectivity index (χ1v) is 5.24. The van der Waals surface area contributed by atoms with Crippen molar-refractivity contribution >= 4 is 12.4 Å². The highest BCUT2D eigenvalue weighted by Crippen LogP contribution is 2.15. The molecule has 0 saturated heterocycles. The van der Waals surface area contributed by atoms with Gasteiger partial charge in [0.2, 0.25) is 0 Å². The van der Waals surface area contributed by atoms with Gasteiger partial charge in [-0.25, -0.2) is 9.78 Å². The summed E-state index contributed by atoms with van der Waals surface area (Å²) < 4.78 is 5.08. The monoisotopic (exact) mass is 239 g/mol. The normalized spacial score (nSPS) is 14.8. The maximum atomic E-state index is 11.6. The number of aromatic amines is 1. The Hall–Kier alpha value is -1.85. The minimum absolute atomic E-state index is 0.360. The van der Waals surface area contributed by atoms with Crippen LogP contribution in [-0.2, 0) is 15.1 Å². The Kier molecular flexibility index (Phi) is 3.55. The molecule has 0 fully saturated rings. The van der Waals surface area contributed by atoms with Crippen LogP contribution < -0.4 is 5.32 Å². The zero-order valence-electron chi connectivity index (χ0n) is 10.4. The third-order valence-corrected chi connectivity index (χ3v) is 1.99. The predicted octanol–water partition coefficient (Wildman–Crippen LogP) is 1.35. The van der Waals surface area contributed by atoms with Gasteiger partial charge < -0.3 is 19.8 Å². The molecular formula is C11H17N3O3.